The van der Waals surface area contributed by atoms with Crippen molar-refractivity contribution in [3.63, 3.8) is 0 Å². The molecule has 0 atom stereocenters. The van der Waals surface area contributed by atoms with Crippen LogP contribution in [0.2, 0.25) is 0 Å². The van der Waals surface area contributed by atoms with Gasteiger partial charge in [-0.2, -0.15) is 5.10 Å². The molecule has 4 bridgehead atoms. The van der Waals surface area contributed by atoms with E-state index in [1.54, 1.807) is 18.2 Å². The average molecular weight is 400 g/mol. The first-order valence-electron chi connectivity index (χ1n) is 10.5. The minimum atomic E-state index is -3.62. The predicted octanol–water partition coefficient (Wildman–Crippen LogP) is 4.73. The minimum absolute atomic E-state index is 0.108. The van der Waals surface area contributed by atoms with Crippen LogP contribution in [-0.4, -0.2) is 18.2 Å². The van der Waals surface area contributed by atoms with E-state index in [-0.39, 0.29) is 10.4 Å². The summed E-state index contributed by atoms with van der Waals surface area (Å²) in [6.07, 6.45) is 9.72. The quantitative estimate of drug-likeness (QED) is 0.790. The average Bonchev–Trinajstić information content (AvgIpc) is 3.09. The summed E-state index contributed by atoms with van der Waals surface area (Å²) < 4.78 is 30.3. The van der Waals surface area contributed by atoms with Crippen LogP contribution in [0.3, 0.4) is 0 Å². The molecule has 1 N–H and O–H groups in total. The van der Waals surface area contributed by atoms with Crippen LogP contribution < -0.4 is 4.72 Å². The normalized spacial score (nSPS) is 31.5. The van der Waals surface area contributed by atoms with Crippen LogP contribution in [0.5, 0.6) is 0 Å². The number of hydrogen-bond donors (Lipinski definition) is 1. The number of nitrogens with zero attached hydrogens (tertiary/aromatic N) is 2. The summed E-state index contributed by atoms with van der Waals surface area (Å²) in [6, 6.07) is 8.92. The van der Waals surface area contributed by atoms with E-state index in [0.717, 1.165) is 23.3 Å². The van der Waals surface area contributed by atoms with Crippen LogP contribution in [0.4, 0.5) is 5.82 Å². The van der Waals surface area contributed by atoms with E-state index in [2.05, 4.69) is 28.4 Å². The van der Waals surface area contributed by atoms with Crippen LogP contribution in [0.25, 0.3) is 0 Å². The molecule has 28 heavy (non-hydrogen) atoms. The van der Waals surface area contributed by atoms with E-state index in [9.17, 15) is 8.42 Å². The van der Waals surface area contributed by atoms with Crippen molar-refractivity contribution < 1.29 is 8.42 Å². The van der Waals surface area contributed by atoms with E-state index < -0.39 is 10.0 Å². The smallest absolute Gasteiger partial charge is 0.263 e. The van der Waals surface area contributed by atoms with E-state index in [4.69, 9.17) is 0 Å². The summed E-state index contributed by atoms with van der Waals surface area (Å²) in [5.41, 5.74) is 1.24. The van der Waals surface area contributed by atoms with Gasteiger partial charge in [-0.15, -0.1) is 0 Å². The second-order valence-corrected chi connectivity index (χ2v) is 11.3. The molecule has 1 aromatic carbocycles. The number of sulfonamides is 1. The first-order chi connectivity index (χ1) is 13.3. The highest BCUT2D eigenvalue weighted by molar-refractivity contribution is 7.92. The van der Waals surface area contributed by atoms with Crippen molar-refractivity contribution in [1.82, 2.24) is 9.78 Å². The van der Waals surface area contributed by atoms with Gasteiger partial charge in [-0.25, -0.2) is 8.42 Å². The predicted molar refractivity (Wildman–Crippen MR) is 110 cm³/mol. The lowest BCUT2D eigenvalue weighted by molar-refractivity contribution is -0.0492. The van der Waals surface area contributed by atoms with E-state index in [1.165, 1.54) is 38.5 Å². The summed E-state index contributed by atoms with van der Waals surface area (Å²) in [5, 5.41) is 4.68. The van der Waals surface area contributed by atoms with Gasteiger partial charge in [0.1, 0.15) is 0 Å². The molecule has 6 heteroatoms. The van der Waals surface area contributed by atoms with Crippen LogP contribution in [0.1, 0.15) is 63.9 Å². The van der Waals surface area contributed by atoms with Crippen LogP contribution in [0.15, 0.2) is 41.4 Å². The van der Waals surface area contributed by atoms with Gasteiger partial charge in [-0.3, -0.25) is 9.40 Å². The molecule has 4 fully saturated rings. The Labute approximate surface area is 167 Å². The van der Waals surface area contributed by atoms with Gasteiger partial charge in [0.05, 0.1) is 10.4 Å². The number of nitrogens with one attached hydrogen (secondary N) is 1. The topological polar surface area (TPSA) is 64.0 Å². The highest BCUT2D eigenvalue weighted by Gasteiger charge is 2.52. The molecule has 1 aromatic heterocycles. The zero-order valence-electron chi connectivity index (χ0n) is 16.6. The third-order valence-electron chi connectivity index (χ3n) is 7.18. The summed E-state index contributed by atoms with van der Waals surface area (Å²) in [4.78, 5) is 0.279. The molecule has 4 aliphatic carbocycles. The second kappa shape index (κ2) is 6.34. The molecular formula is C22H29N3O2S. The van der Waals surface area contributed by atoms with Crippen molar-refractivity contribution in [2.75, 3.05) is 4.72 Å². The van der Waals surface area contributed by atoms with Crippen molar-refractivity contribution in [2.24, 2.45) is 17.8 Å². The molecule has 0 radical (unpaired) electrons. The zero-order valence-corrected chi connectivity index (χ0v) is 17.5. The van der Waals surface area contributed by atoms with Gasteiger partial charge in [-0.05, 0) is 79.9 Å². The summed E-state index contributed by atoms with van der Waals surface area (Å²) in [5.74, 6) is 3.28. The van der Waals surface area contributed by atoms with Gasteiger partial charge in [0.25, 0.3) is 10.0 Å². The number of aromatic nitrogens is 2. The monoisotopic (exact) mass is 399 g/mol. The van der Waals surface area contributed by atoms with Crippen LogP contribution >= 0.6 is 0 Å². The van der Waals surface area contributed by atoms with E-state index in [1.807, 2.05) is 18.3 Å². The Morgan fingerprint density at radius 1 is 1.00 bits per heavy atom. The lowest BCUT2D eigenvalue weighted by Gasteiger charge is -2.56. The highest BCUT2D eigenvalue weighted by Crippen LogP contribution is 2.58. The number of anilines is 1. The summed E-state index contributed by atoms with van der Waals surface area (Å²) >= 11 is 0. The second-order valence-electron chi connectivity index (χ2n) is 9.62. The Morgan fingerprint density at radius 3 is 2.11 bits per heavy atom. The summed E-state index contributed by atoms with van der Waals surface area (Å²) in [6.45, 7) is 4.19. The standard InChI is InChI=1S/C22H29N3O2S/c1-15(2)19-3-5-20(6-4-19)28(26,27)24-21-7-8-25(23-21)22-12-16-9-17(13-22)11-18(10-16)14-22/h3-8,15-18H,9-14H2,1-2H3,(H,23,24). The maximum atomic E-state index is 12.8. The first-order valence-corrected chi connectivity index (χ1v) is 12.0. The van der Waals surface area contributed by atoms with Gasteiger partial charge in [0.2, 0.25) is 0 Å². The fourth-order valence-corrected chi connectivity index (χ4v) is 7.21. The van der Waals surface area contributed by atoms with Gasteiger partial charge in [0, 0.05) is 12.3 Å². The number of hydrogen-bond acceptors (Lipinski definition) is 3. The Balaban J connectivity index is 1.36. The van der Waals surface area contributed by atoms with Crippen molar-refractivity contribution in [3.8, 4) is 0 Å². The minimum Gasteiger partial charge on any atom is -0.264 e. The molecular weight excluding hydrogens is 370 g/mol. The molecule has 4 saturated carbocycles. The van der Waals surface area contributed by atoms with E-state index in [0.29, 0.717) is 11.7 Å². The molecule has 0 amide bonds. The van der Waals surface area contributed by atoms with Crippen molar-refractivity contribution in [1.29, 1.82) is 0 Å². The van der Waals surface area contributed by atoms with Gasteiger partial charge >= 0.3 is 0 Å². The summed E-state index contributed by atoms with van der Waals surface area (Å²) in [7, 11) is -3.62. The van der Waals surface area contributed by atoms with Crippen molar-refractivity contribution in [2.45, 2.75) is 68.7 Å². The molecule has 5 nitrogen and oxygen atoms in total. The largest absolute Gasteiger partial charge is 0.264 e. The van der Waals surface area contributed by atoms with Crippen LogP contribution in [0, 0.1) is 17.8 Å². The molecule has 6 rings (SSSR count). The van der Waals surface area contributed by atoms with Crippen LogP contribution in [-0.2, 0) is 15.6 Å². The SMILES string of the molecule is CC(C)c1ccc(S(=O)(=O)Nc2ccn(C34CC5CC(CC(C5)C3)C4)n2)cc1. The van der Waals surface area contributed by atoms with E-state index >= 15 is 0 Å². The van der Waals surface area contributed by atoms with Gasteiger partial charge in [-0.1, -0.05) is 26.0 Å². The van der Waals surface area contributed by atoms with Gasteiger partial charge in [0.15, 0.2) is 5.82 Å². The maximum absolute atomic E-state index is 12.8. The maximum Gasteiger partial charge on any atom is 0.263 e. The molecule has 150 valence electrons. The van der Waals surface area contributed by atoms with Crippen molar-refractivity contribution >= 4 is 15.8 Å². The molecule has 2 aromatic rings. The molecule has 0 aliphatic heterocycles. The third-order valence-corrected chi connectivity index (χ3v) is 8.55. The molecule has 0 saturated heterocycles. The Bertz CT molecular complexity index is 940. The fraction of sp³-hybridized carbons (Fsp3) is 0.591. The molecule has 1 heterocycles. The van der Waals surface area contributed by atoms with Gasteiger partial charge < -0.3 is 0 Å². The number of benzene rings is 1. The lowest BCUT2D eigenvalue weighted by atomic mass is 9.53. The fourth-order valence-electron chi connectivity index (χ4n) is 6.22. The Hall–Kier alpha value is -1.82. The molecule has 0 unspecified atom stereocenters. The molecule has 4 aliphatic rings. The first kappa shape index (κ1) is 18.2. The lowest BCUT2D eigenvalue weighted by Crippen LogP contribution is -2.52. The highest BCUT2D eigenvalue weighted by atomic mass is 32.2. The zero-order chi connectivity index (χ0) is 19.5. The number of rotatable bonds is 5. The van der Waals surface area contributed by atoms with Crippen molar-refractivity contribution in [3.05, 3.63) is 42.1 Å². The Morgan fingerprint density at radius 2 is 1.57 bits per heavy atom. The molecule has 0 spiro atoms. The third kappa shape index (κ3) is 3.06. The Kier molecular flexibility index (Phi) is 4.13.